The fraction of sp³-hybridized carbons (Fsp3) is 0.389. The number of carboxylic acids is 1. The number of aromatic nitrogens is 2. The van der Waals surface area contributed by atoms with Crippen LogP contribution in [0.4, 0.5) is 0 Å². The molecular formula is C18H21N3O3. The average Bonchev–Trinajstić information content (AvgIpc) is 3.12. The zero-order valence-electron chi connectivity index (χ0n) is 14.1. The molecule has 1 saturated heterocycles. The van der Waals surface area contributed by atoms with Crippen LogP contribution in [0.3, 0.4) is 0 Å². The third-order valence-corrected chi connectivity index (χ3v) is 4.36. The van der Waals surface area contributed by atoms with Gasteiger partial charge in [-0.25, -0.2) is 9.48 Å². The minimum atomic E-state index is -0.952. The van der Waals surface area contributed by atoms with Crippen LogP contribution in [0.5, 0.6) is 0 Å². The van der Waals surface area contributed by atoms with Crippen molar-refractivity contribution in [1.29, 1.82) is 0 Å². The predicted molar refractivity (Wildman–Crippen MR) is 89.5 cm³/mol. The van der Waals surface area contributed by atoms with Crippen LogP contribution in [0.1, 0.15) is 40.2 Å². The number of amides is 1. The number of rotatable bonds is 3. The molecule has 2 heterocycles. The first kappa shape index (κ1) is 16.2. The number of carboxylic acid groups (broad SMARTS) is 1. The topological polar surface area (TPSA) is 75.4 Å². The van der Waals surface area contributed by atoms with E-state index in [0.717, 1.165) is 22.5 Å². The fourth-order valence-electron chi connectivity index (χ4n) is 3.33. The minimum absolute atomic E-state index is 0.291. The van der Waals surface area contributed by atoms with Gasteiger partial charge in [-0.15, -0.1) is 0 Å². The Morgan fingerprint density at radius 3 is 2.42 bits per heavy atom. The minimum Gasteiger partial charge on any atom is -0.480 e. The van der Waals surface area contributed by atoms with Gasteiger partial charge in [-0.1, -0.05) is 6.07 Å². The highest BCUT2D eigenvalue weighted by Gasteiger charge is 2.35. The van der Waals surface area contributed by atoms with Crippen molar-refractivity contribution in [2.75, 3.05) is 6.54 Å². The van der Waals surface area contributed by atoms with Crippen LogP contribution in [-0.4, -0.2) is 44.3 Å². The molecule has 1 aromatic carbocycles. The van der Waals surface area contributed by atoms with Crippen molar-refractivity contribution < 1.29 is 14.7 Å². The zero-order valence-corrected chi connectivity index (χ0v) is 14.1. The van der Waals surface area contributed by atoms with Gasteiger partial charge in [0.2, 0.25) is 0 Å². The Balaban J connectivity index is 1.94. The van der Waals surface area contributed by atoms with Gasteiger partial charge < -0.3 is 10.0 Å². The summed E-state index contributed by atoms with van der Waals surface area (Å²) in [6.45, 7) is 6.39. The van der Waals surface area contributed by atoms with E-state index >= 15 is 0 Å². The first-order valence-corrected chi connectivity index (χ1v) is 8.06. The Kier molecular flexibility index (Phi) is 4.13. The van der Waals surface area contributed by atoms with Crippen LogP contribution in [0.25, 0.3) is 5.69 Å². The number of benzene rings is 1. The third kappa shape index (κ3) is 2.91. The largest absolute Gasteiger partial charge is 0.480 e. The average molecular weight is 327 g/mol. The van der Waals surface area contributed by atoms with Crippen LogP contribution in [0, 0.1) is 20.8 Å². The van der Waals surface area contributed by atoms with Crippen LogP contribution < -0.4 is 0 Å². The molecule has 0 radical (unpaired) electrons. The van der Waals surface area contributed by atoms with Crippen molar-refractivity contribution in [3.8, 4) is 5.69 Å². The second kappa shape index (κ2) is 6.11. The van der Waals surface area contributed by atoms with Gasteiger partial charge >= 0.3 is 5.97 Å². The van der Waals surface area contributed by atoms with Gasteiger partial charge in [0.05, 0.1) is 5.69 Å². The summed E-state index contributed by atoms with van der Waals surface area (Å²) in [7, 11) is 0. The van der Waals surface area contributed by atoms with Crippen LogP contribution in [0.15, 0.2) is 24.3 Å². The molecule has 6 nitrogen and oxygen atoms in total. The molecule has 6 heteroatoms. The summed E-state index contributed by atoms with van der Waals surface area (Å²) in [5.74, 6) is -1.27. The van der Waals surface area contributed by atoms with E-state index in [1.807, 2.05) is 32.9 Å². The number of aliphatic carboxylic acids is 1. The number of likely N-dealkylation sites (tertiary alicyclic amines) is 1. The maximum absolute atomic E-state index is 12.7. The lowest BCUT2D eigenvalue weighted by Crippen LogP contribution is -2.40. The molecule has 2 aromatic rings. The molecule has 1 aliphatic rings. The van der Waals surface area contributed by atoms with E-state index in [1.54, 1.807) is 10.7 Å². The van der Waals surface area contributed by atoms with Crippen LogP contribution in [0.2, 0.25) is 0 Å². The lowest BCUT2D eigenvalue weighted by molar-refractivity contribution is -0.141. The Morgan fingerprint density at radius 2 is 1.79 bits per heavy atom. The predicted octanol–water partition coefficient (Wildman–Crippen LogP) is 2.49. The van der Waals surface area contributed by atoms with Gasteiger partial charge in [0.15, 0.2) is 5.69 Å². The molecule has 0 saturated carbocycles. The first-order valence-electron chi connectivity index (χ1n) is 8.06. The Bertz CT molecular complexity index is 790. The van der Waals surface area contributed by atoms with E-state index in [-0.39, 0.29) is 5.91 Å². The number of hydrogen-bond acceptors (Lipinski definition) is 3. The highest BCUT2D eigenvalue weighted by molar-refractivity contribution is 5.95. The van der Waals surface area contributed by atoms with Gasteiger partial charge in [-0.2, -0.15) is 5.10 Å². The Hall–Kier alpha value is -2.63. The first-order chi connectivity index (χ1) is 11.4. The molecule has 126 valence electrons. The molecule has 1 aliphatic heterocycles. The van der Waals surface area contributed by atoms with E-state index in [1.165, 1.54) is 4.90 Å². The van der Waals surface area contributed by atoms with Gasteiger partial charge in [0, 0.05) is 12.2 Å². The van der Waals surface area contributed by atoms with Gasteiger partial charge in [-0.3, -0.25) is 4.79 Å². The molecule has 3 rings (SSSR count). The molecule has 0 bridgehead atoms. The number of carbonyl (C=O) groups excluding carboxylic acids is 1. The van der Waals surface area contributed by atoms with Crippen molar-refractivity contribution in [3.05, 3.63) is 46.8 Å². The van der Waals surface area contributed by atoms with Crippen LogP contribution >= 0.6 is 0 Å². The molecule has 1 atom stereocenters. The normalized spacial score (nSPS) is 17.3. The standard InChI is InChI=1S/C18H21N3O3/c1-11-7-12(2)9-14(8-11)21-13(3)10-15(19-21)17(22)20-6-4-5-16(20)18(23)24/h7-10,16H,4-6H2,1-3H3,(H,23,24). The molecule has 1 aromatic heterocycles. The van der Waals surface area contributed by atoms with Crippen molar-refractivity contribution in [1.82, 2.24) is 14.7 Å². The van der Waals surface area contributed by atoms with E-state index in [4.69, 9.17) is 0 Å². The summed E-state index contributed by atoms with van der Waals surface area (Å²) in [6, 6.07) is 7.07. The van der Waals surface area contributed by atoms with Crippen molar-refractivity contribution in [2.45, 2.75) is 39.7 Å². The second-order valence-corrected chi connectivity index (χ2v) is 6.42. The lowest BCUT2D eigenvalue weighted by atomic mass is 10.1. The summed E-state index contributed by atoms with van der Waals surface area (Å²) >= 11 is 0. The summed E-state index contributed by atoms with van der Waals surface area (Å²) in [4.78, 5) is 25.4. The van der Waals surface area contributed by atoms with Crippen molar-refractivity contribution in [3.63, 3.8) is 0 Å². The summed E-state index contributed by atoms with van der Waals surface area (Å²) in [6.07, 6.45) is 1.21. The highest BCUT2D eigenvalue weighted by Crippen LogP contribution is 2.22. The van der Waals surface area contributed by atoms with Gasteiger partial charge in [-0.05, 0) is 62.9 Å². The molecule has 1 amide bonds. The monoisotopic (exact) mass is 327 g/mol. The lowest BCUT2D eigenvalue weighted by Gasteiger charge is -2.20. The molecule has 1 unspecified atom stereocenters. The Labute approximate surface area is 140 Å². The summed E-state index contributed by atoms with van der Waals surface area (Å²) < 4.78 is 1.74. The van der Waals surface area contributed by atoms with Gasteiger partial charge in [0.25, 0.3) is 5.91 Å². The molecule has 0 spiro atoms. The Morgan fingerprint density at radius 1 is 1.12 bits per heavy atom. The fourth-order valence-corrected chi connectivity index (χ4v) is 3.33. The zero-order chi connectivity index (χ0) is 17.4. The smallest absolute Gasteiger partial charge is 0.326 e. The second-order valence-electron chi connectivity index (χ2n) is 6.42. The molecule has 24 heavy (non-hydrogen) atoms. The van der Waals surface area contributed by atoms with E-state index in [2.05, 4.69) is 11.2 Å². The molecule has 1 fully saturated rings. The van der Waals surface area contributed by atoms with E-state index in [9.17, 15) is 14.7 Å². The van der Waals surface area contributed by atoms with E-state index < -0.39 is 12.0 Å². The maximum atomic E-state index is 12.7. The van der Waals surface area contributed by atoms with Crippen molar-refractivity contribution >= 4 is 11.9 Å². The number of carbonyl (C=O) groups is 2. The quantitative estimate of drug-likeness (QED) is 0.940. The number of aryl methyl sites for hydroxylation is 3. The molecular weight excluding hydrogens is 306 g/mol. The van der Waals surface area contributed by atoms with Crippen LogP contribution in [-0.2, 0) is 4.79 Å². The SMILES string of the molecule is Cc1cc(C)cc(-n2nc(C(=O)N3CCCC3C(=O)O)cc2C)c1. The third-order valence-electron chi connectivity index (χ3n) is 4.36. The molecule has 1 N–H and O–H groups in total. The van der Waals surface area contributed by atoms with E-state index in [0.29, 0.717) is 25.1 Å². The number of hydrogen-bond donors (Lipinski definition) is 1. The number of nitrogens with zero attached hydrogens (tertiary/aromatic N) is 3. The van der Waals surface area contributed by atoms with Crippen molar-refractivity contribution in [2.24, 2.45) is 0 Å². The summed E-state index contributed by atoms with van der Waals surface area (Å²) in [5.41, 5.74) is 4.28. The molecule has 0 aliphatic carbocycles. The van der Waals surface area contributed by atoms with Gasteiger partial charge in [0.1, 0.15) is 6.04 Å². The maximum Gasteiger partial charge on any atom is 0.326 e. The highest BCUT2D eigenvalue weighted by atomic mass is 16.4. The summed E-state index contributed by atoms with van der Waals surface area (Å²) in [5, 5.41) is 13.7.